The van der Waals surface area contributed by atoms with E-state index in [0.717, 1.165) is 50.4 Å². The maximum atomic E-state index is 13.0. The van der Waals surface area contributed by atoms with Gasteiger partial charge in [-0.2, -0.15) is 0 Å². The number of hydrogen-bond donors (Lipinski definition) is 0. The lowest BCUT2D eigenvalue weighted by Gasteiger charge is -2.35. The molecular formula is C42H33NO5. The second-order valence-electron chi connectivity index (χ2n) is 11.2. The molecule has 6 aromatic rings. The minimum atomic E-state index is -0.372. The van der Waals surface area contributed by atoms with Crippen LogP contribution in [0.5, 0.6) is 11.5 Å². The Bertz CT molecular complexity index is 2030. The van der Waals surface area contributed by atoms with Crippen LogP contribution in [0.4, 0.5) is 17.1 Å². The van der Waals surface area contributed by atoms with Crippen LogP contribution < -0.4 is 9.64 Å². The molecule has 0 aliphatic carbocycles. The van der Waals surface area contributed by atoms with Crippen molar-refractivity contribution in [2.24, 2.45) is 0 Å². The first kappa shape index (κ1) is 30.5. The normalized spacial score (nSPS) is 11.6. The molecule has 236 valence electrons. The lowest BCUT2D eigenvalue weighted by molar-refractivity contribution is 0.0517. The summed E-state index contributed by atoms with van der Waals surface area (Å²) in [6.07, 6.45) is 0. The zero-order valence-electron chi connectivity index (χ0n) is 26.7. The van der Waals surface area contributed by atoms with Crippen molar-refractivity contribution in [3.8, 4) is 44.9 Å². The smallest absolute Gasteiger partial charge is 0.338 e. The van der Waals surface area contributed by atoms with E-state index in [1.54, 1.807) is 26.0 Å². The number of hydrogen-bond acceptors (Lipinski definition) is 6. The van der Waals surface area contributed by atoms with Crippen LogP contribution >= 0.6 is 0 Å². The van der Waals surface area contributed by atoms with Crippen molar-refractivity contribution in [3.63, 3.8) is 0 Å². The van der Waals surface area contributed by atoms with E-state index in [9.17, 15) is 9.59 Å². The highest BCUT2D eigenvalue weighted by Crippen LogP contribution is 2.54. The number of ether oxygens (including phenoxy) is 3. The van der Waals surface area contributed by atoms with Crippen LogP contribution in [0.25, 0.3) is 33.4 Å². The molecule has 0 fully saturated rings. The molecule has 0 atom stereocenters. The molecule has 0 saturated heterocycles. The molecule has 1 aliphatic rings. The number of rotatable bonds is 8. The minimum absolute atomic E-state index is 0.285. The SMILES string of the molecule is CCOC(=O)c1ccccc1-c1ccc2c(c1)N(c1ccccc1-c1ccccc1)c1cc(-c3ccccc3C(=O)OCC)ccc1O2. The number of carbonyl (C=O) groups excluding carboxylic acids is 2. The number of benzene rings is 6. The Kier molecular flexibility index (Phi) is 8.46. The van der Waals surface area contributed by atoms with Gasteiger partial charge in [0.1, 0.15) is 0 Å². The van der Waals surface area contributed by atoms with Crippen molar-refractivity contribution in [2.45, 2.75) is 13.8 Å². The zero-order chi connectivity index (χ0) is 33.0. The number of para-hydroxylation sites is 1. The van der Waals surface area contributed by atoms with Gasteiger partial charge < -0.3 is 19.1 Å². The summed E-state index contributed by atoms with van der Waals surface area (Å²) in [6, 6.07) is 45.4. The van der Waals surface area contributed by atoms with Gasteiger partial charge in [0.2, 0.25) is 0 Å². The molecule has 0 N–H and O–H groups in total. The topological polar surface area (TPSA) is 65.1 Å². The van der Waals surface area contributed by atoms with Crippen LogP contribution in [-0.2, 0) is 9.47 Å². The number of carbonyl (C=O) groups is 2. The Hall–Kier alpha value is -6.14. The first-order chi connectivity index (χ1) is 23.6. The molecule has 7 rings (SSSR count). The van der Waals surface area contributed by atoms with Crippen molar-refractivity contribution in [1.29, 1.82) is 0 Å². The summed E-state index contributed by atoms with van der Waals surface area (Å²) in [5.74, 6) is 0.594. The summed E-state index contributed by atoms with van der Waals surface area (Å²) in [5, 5.41) is 0. The lowest BCUT2D eigenvalue weighted by atomic mass is 9.95. The van der Waals surface area contributed by atoms with Crippen molar-refractivity contribution in [1.82, 2.24) is 0 Å². The van der Waals surface area contributed by atoms with Crippen molar-refractivity contribution >= 4 is 29.0 Å². The lowest BCUT2D eigenvalue weighted by Crippen LogP contribution is -2.17. The Balaban J connectivity index is 1.45. The van der Waals surface area contributed by atoms with Gasteiger partial charge in [0.05, 0.1) is 41.4 Å². The molecule has 1 aliphatic heterocycles. The Labute approximate surface area is 279 Å². The minimum Gasteiger partial charge on any atom is -0.462 e. The third kappa shape index (κ3) is 5.69. The Morgan fingerprint density at radius 3 is 1.48 bits per heavy atom. The number of fused-ring (bicyclic) bond motifs is 2. The molecule has 48 heavy (non-hydrogen) atoms. The maximum absolute atomic E-state index is 13.0. The molecule has 0 amide bonds. The Morgan fingerprint density at radius 1 is 0.500 bits per heavy atom. The average molecular weight is 632 g/mol. The van der Waals surface area contributed by atoms with E-state index in [1.165, 1.54) is 0 Å². The van der Waals surface area contributed by atoms with E-state index < -0.39 is 0 Å². The predicted molar refractivity (Wildman–Crippen MR) is 189 cm³/mol. The molecule has 0 saturated carbocycles. The van der Waals surface area contributed by atoms with E-state index in [4.69, 9.17) is 14.2 Å². The predicted octanol–water partition coefficient (Wildman–Crippen LogP) is 10.6. The summed E-state index contributed by atoms with van der Waals surface area (Å²) >= 11 is 0. The van der Waals surface area contributed by atoms with Crippen molar-refractivity contribution in [3.05, 3.63) is 151 Å². The summed E-state index contributed by atoms with van der Waals surface area (Å²) in [4.78, 5) is 28.2. The molecule has 0 unspecified atom stereocenters. The van der Waals surface area contributed by atoms with Gasteiger partial charge in [0, 0.05) is 5.56 Å². The van der Waals surface area contributed by atoms with Crippen molar-refractivity contribution < 1.29 is 23.8 Å². The van der Waals surface area contributed by atoms with E-state index in [1.807, 2.05) is 91.0 Å². The molecule has 6 nitrogen and oxygen atoms in total. The van der Waals surface area contributed by atoms with Gasteiger partial charge in [0.25, 0.3) is 0 Å². The van der Waals surface area contributed by atoms with Gasteiger partial charge in [-0.05, 0) is 84.1 Å². The van der Waals surface area contributed by atoms with Gasteiger partial charge in [-0.15, -0.1) is 0 Å². The summed E-state index contributed by atoms with van der Waals surface area (Å²) in [7, 11) is 0. The first-order valence-corrected chi connectivity index (χ1v) is 16.0. The van der Waals surface area contributed by atoms with Gasteiger partial charge >= 0.3 is 11.9 Å². The van der Waals surface area contributed by atoms with E-state index in [0.29, 0.717) is 22.6 Å². The van der Waals surface area contributed by atoms with Crippen LogP contribution in [0.3, 0.4) is 0 Å². The van der Waals surface area contributed by atoms with Crippen molar-refractivity contribution in [2.75, 3.05) is 18.1 Å². The summed E-state index contributed by atoms with van der Waals surface area (Å²) in [6.45, 7) is 4.17. The van der Waals surface area contributed by atoms with Crippen LogP contribution in [0.15, 0.2) is 140 Å². The molecule has 0 spiro atoms. The molecular weight excluding hydrogens is 598 g/mol. The van der Waals surface area contributed by atoms with Gasteiger partial charge in [0.15, 0.2) is 11.5 Å². The van der Waals surface area contributed by atoms with Gasteiger partial charge in [-0.3, -0.25) is 0 Å². The summed E-state index contributed by atoms with van der Waals surface area (Å²) < 4.78 is 17.4. The van der Waals surface area contributed by atoms with Crippen LogP contribution in [0.2, 0.25) is 0 Å². The largest absolute Gasteiger partial charge is 0.462 e. The fourth-order valence-corrected chi connectivity index (χ4v) is 6.17. The molecule has 0 radical (unpaired) electrons. The highest BCUT2D eigenvalue weighted by atomic mass is 16.5. The second kappa shape index (κ2) is 13.3. The molecule has 0 bridgehead atoms. The molecule has 0 aromatic heterocycles. The fourth-order valence-electron chi connectivity index (χ4n) is 6.17. The quantitative estimate of drug-likeness (QED) is 0.156. The highest BCUT2D eigenvalue weighted by molar-refractivity contribution is 6.01. The van der Waals surface area contributed by atoms with E-state index in [-0.39, 0.29) is 25.2 Å². The fraction of sp³-hybridized carbons (Fsp3) is 0.0952. The maximum Gasteiger partial charge on any atom is 0.338 e. The van der Waals surface area contributed by atoms with Gasteiger partial charge in [-0.25, -0.2) is 9.59 Å². The third-order valence-corrected chi connectivity index (χ3v) is 8.32. The van der Waals surface area contributed by atoms with Crippen LogP contribution in [0.1, 0.15) is 34.6 Å². The zero-order valence-corrected chi connectivity index (χ0v) is 26.7. The molecule has 6 aromatic carbocycles. The second-order valence-corrected chi connectivity index (χ2v) is 11.2. The summed E-state index contributed by atoms with van der Waals surface area (Å²) in [5.41, 5.74) is 8.84. The van der Waals surface area contributed by atoms with E-state index >= 15 is 0 Å². The highest BCUT2D eigenvalue weighted by Gasteiger charge is 2.29. The number of nitrogens with zero attached hydrogens (tertiary/aromatic N) is 1. The number of anilines is 3. The first-order valence-electron chi connectivity index (χ1n) is 16.0. The van der Waals surface area contributed by atoms with Gasteiger partial charge in [-0.1, -0.05) is 97.1 Å². The standard InChI is InChI=1S/C42H33NO5/c1-3-46-41(44)34-19-10-8-16-31(34)29-22-24-39-37(26-29)43(36-21-13-12-18-33(36)28-14-6-5-7-15-28)38-27-30(23-25-40(38)48-39)32-17-9-11-20-35(32)42(45)47-4-2/h5-27H,3-4H2,1-2H3. The molecule has 6 heteroatoms. The average Bonchev–Trinajstić information content (AvgIpc) is 3.14. The monoisotopic (exact) mass is 631 g/mol. The van der Waals surface area contributed by atoms with E-state index in [2.05, 4.69) is 41.3 Å². The van der Waals surface area contributed by atoms with Crippen LogP contribution in [-0.4, -0.2) is 25.2 Å². The van der Waals surface area contributed by atoms with Crippen LogP contribution in [0, 0.1) is 0 Å². The molecule has 1 heterocycles. The third-order valence-electron chi connectivity index (χ3n) is 8.32. The Morgan fingerprint density at radius 2 is 0.958 bits per heavy atom. The number of esters is 2.